The molecule has 6 heteroatoms. The van der Waals surface area contributed by atoms with E-state index >= 15 is 0 Å². The topological polar surface area (TPSA) is 105 Å². The maximum absolute atomic E-state index is 13.0. The van der Waals surface area contributed by atoms with Crippen LogP contribution in [0.15, 0.2) is 65.1 Å². The third kappa shape index (κ3) is 3.64. The lowest BCUT2D eigenvalue weighted by Gasteiger charge is -2.11. The van der Waals surface area contributed by atoms with E-state index in [1.54, 1.807) is 0 Å². The first-order chi connectivity index (χ1) is 17.8. The average Bonchev–Trinajstić information content (AvgIpc) is 3.44. The van der Waals surface area contributed by atoms with Crippen LogP contribution in [-0.4, -0.2) is 10.9 Å². The van der Waals surface area contributed by atoms with Gasteiger partial charge in [-0.15, -0.1) is 0 Å². The summed E-state index contributed by atoms with van der Waals surface area (Å²) >= 11 is 0. The lowest BCUT2D eigenvalue weighted by molar-refractivity contribution is 0.0951. The Morgan fingerprint density at radius 2 is 1.68 bits per heavy atom. The van der Waals surface area contributed by atoms with Gasteiger partial charge in [0.25, 0.3) is 5.91 Å². The minimum absolute atomic E-state index is 0.161. The maximum Gasteiger partial charge on any atom is 0.251 e. The second kappa shape index (κ2) is 8.35. The van der Waals surface area contributed by atoms with E-state index in [-0.39, 0.29) is 5.91 Å². The normalized spacial score (nSPS) is 11.4. The summed E-state index contributed by atoms with van der Waals surface area (Å²) in [7, 11) is 0. The molecule has 6 nitrogen and oxygen atoms in total. The number of carbonyl (C=O) groups is 1. The number of carbonyl (C=O) groups excluding carboxylic acids is 1. The fourth-order valence-corrected chi connectivity index (χ4v) is 5.21. The lowest BCUT2D eigenvalue weighted by Crippen LogP contribution is -2.24. The number of amides is 1. The van der Waals surface area contributed by atoms with E-state index in [4.69, 9.17) is 10.2 Å². The van der Waals surface area contributed by atoms with Gasteiger partial charge in [-0.2, -0.15) is 5.26 Å². The zero-order valence-electron chi connectivity index (χ0n) is 20.8. The molecule has 6 aromatic rings. The fraction of sp³-hybridized carbons (Fsp3) is 0.129. The molecule has 0 spiro atoms. The van der Waals surface area contributed by atoms with E-state index in [2.05, 4.69) is 22.4 Å². The molecule has 3 N–H and O–H groups in total. The molecule has 0 fully saturated rings. The average molecular weight is 485 g/mol. The highest BCUT2D eigenvalue weighted by Crippen LogP contribution is 2.42. The van der Waals surface area contributed by atoms with Gasteiger partial charge in [0.05, 0.1) is 11.6 Å². The number of nitrogen functional groups attached to an aromatic ring is 1. The van der Waals surface area contributed by atoms with Gasteiger partial charge >= 0.3 is 0 Å². The summed E-state index contributed by atoms with van der Waals surface area (Å²) in [6, 6.07) is 21.8. The standard InChI is InChI=1S/C31H24N4O2/c1-16-4-7-22(21(10-16)14-32)19-5-8-23-25(12-19)29-24-9-6-20(13-26(24)30(23)37-29)31(36)34-15-27-17(2)11-28(33)35-18(27)3/h4-13H,15H2,1-3H3,(H2,33,35)(H,34,36). The van der Waals surface area contributed by atoms with Crippen LogP contribution in [0.4, 0.5) is 5.82 Å². The second-order valence-corrected chi connectivity index (χ2v) is 9.55. The molecule has 0 atom stereocenters. The first-order valence-electron chi connectivity index (χ1n) is 12.1. The first-order valence-corrected chi connectivity index (χ1v) is 12.1. The highest BCUT2D eigenvalue weighted by Gasteiger charge is 2.20. The molecule has 0 aliphatic carbocycles. The third-order valence-corrected chi connectivity index (χ3v) is 7.09. The largest absolute Gasteiger partial charge is 0.455 e. The maximum atomic E-state index is 13.0. The molecule has 6 rings (SSSR count). The molecule has 180 valence electrons. The van der Waals surface area contributed by atoms with E-state index in [0.29, 0.717) is 23.5 Å². The number of nitriles is 1. The van der Waals surface area contributed by atoms with Crippen LogP contribution in [-0.2, 0) is 6.54 Å². The SMILES string of the molecule is Cc1ccc(-c2ccc3c(c2)c2oc3c3cc(C(=O)NCc4c(C)cc(N)nc4C)ccc32)c(C#N)c1. The number of aromatic nitrogens is 1. The third-order valence-electron chi connectivity index (χ3n) is 7.09. The van der Waals surface area contributed by atoms with Crippen LogP contribution < -0.4 is 11.1 Å². The first kappa shape index (κ1) is 22.6. The molecule has 3 aromatic heterocycles. The summed E-state index contributed by atoms with van der Waals surface area (Å²) in [6.07, 6.45) is 0. The van der Waals surface area contributed by atoms with Crippen molar-refractivity contribution in [2.24, 2.45) is 0 Å². The Hall–Kier alpha value is -4.89. The number of hydrogen-bond acceptors (Lipinski definition) is 5. The van der Waals surface area contributed by atoms with Crippen molar-refractivity contribution in [1.29, 1.82) is 5.26 Å². The Balaban J connectivity index is 1.35. The van der Waals surface area contributed by atoms with E-state index in [9.17, 15) is 10.1 Å². The molecule has 2 bridgehead atoms. The van der Waals surface area contributed by atoms with Crippen molar-refractivity contribution in [1.82, 2.24) is 10.3 Å². The Morgan fingerprint density at radius 1 is 0.946 bits per heavy atom. The Labute approximate surface area is 213 Å². The van der Waals surface area contributed by atoms with Gasteiger partial charge in [0.1, 0.15) is 17.0 Å². The summed E-state index contributed by atoms with van der Waals surface area (Å²) in [5.74, 6) is 0.316. The van der Waals surface area contributed by atoms with Gasteiger partial charge < -0.3 is 15.5 Å². The van der Waals surface area contributed by atoms with Gasteiger partial charge in [-0.3, -0.25) is 4.79 Å². The zero-order valence-corrected chi connectivity index (χ0v) is 20.8. The predicted molar refractivity (Wildman–Crippen MR) is 147 cm³/mol. The highest BCUT2D eigenvalue weighted by atomic mass is 16.3. The van der Waals surface area contributed by atoms with Crippen molar-refractivity contribution >= 4 is 44.4 Å². The fourth-order valence-electron chi connectivity index (χ4n) is 5.21. The minimum atomic E-state index is -0.161. The number of pyridine rings is 1. The van der Waals surface area contributed by atoms with Crippen molar-refractivity contribution in [3.8, 4) is 17.2 Å². The van der Waals surface area contributed by atoms with E-state index in [1.165, 1.54) is 0 Å². The highest BCUT2D eigenvalue weighted by molar-refractivity contribution is 6.26. The molecule has 0 saturated heterocycles. The number of nitrogens with zero attached hydrogens (tertiary/aromatic N) is 2. The van der Waals surface area contributed by atoms with Gasteiger partial charge in [0, 0.05) is 39.3 Å². The molecule has 0 unspecified atom stereocenters. The van der Waals surface area contributed by atoms with Gasteiger partial charge in [-0.1, -0.05) is 18.2 Å². The number of fused-ring (bicyclic) bond motifs is 8. The number of furan rings is 2. The van der Waals surface area contributed by atoms with Gasteiger partial charge in [0.15, 0.2) is 0 Å². The number of anilines is 1. The van der Waals surface area contributed by atoms with E-state index in [0.717, 1.165) is 66.2 Å². The van der Waals surface area contributed by atoms with Gasteiger partial charge in [-0.05, 0) is 91.1 Å². The molecule has 3 heterocycles. The van der Waals surface area contributed by atoms with E-state index in [1.807, 2.05) is 75.4 Å². The molecular formula is C31H24N4O2. The molecule has 0 saturated carbocycles. The Bertz CT molecular complexity index is 1890. The number of nitrogens with two attached hydrogens (primary N) is 1. The quantitative estimate of drug-likeness (QED) is 0.276. The van der Waals surface area contributed by atoms with Crippen molar-refractivity contribution in [2.45, 2.75) is 27.3 Å². The second-order valence-electron chi connectivity index (χ2n) is 9.55. The molecule has 37 heavy (non-hydrogen) atoms. The van der Waals surface area contributed by atoms with Crippen LogP contribution in [0.5, 0.6) is 0 Å². The number of nitrogens with one attached hydrogen (secondary N) is 1. The molecular weight excluding hydrogens is 460 g/mol. The summed E-state index contributed by atoms with van der Waals surface area (Å²) in [5, 5.41) is 16.5. The summed E-state index contributed by atoms with van der Waals surface area (Å²) in [5.41, 5.74) is 14.3. The van der Waals surface area contributed by atoms with Gasteiger partial charge in [-0.25, -0.2) is 4.98 Å². The molecule has 1 amide bonds. The number of rotatable bonds is 4. The molecule has 3 aromatic carbocycles. The predicted octanol–water partition coefficient (Wildman–Crippen LogP) is 6.55. The lowest BCUT2D eigenvalue weighted by atomic mass is 9.95. The zero-order chi connectivity index (χ0) is 25.8. The molecule has 0 radical (unpaired) electrons. The number of aryl methyl sites for hydroxylation is 3. The Morgan fingerprint density at radius 3 is 2.41 bits per heavy atom. The van der Waals surface area contributed by atoms with Crippen molar-refractivity contribution in [3.05, 3.63) is 94.2 Å². The summed E-state index contributed by atoms with van der Waals surface area (Å²) in [6.45, 7) is 6.22. The van der Waals surface area contributed by atoms with Crippen LogP contribution in [0.2, 0.25) is 0 Å². The Kier molecular flexibility index (Phi) is 5.09. The van der Waals surface area contributed by atoms with Crippen LogP contribution in [0.1, 0.15) is 38.3 Å². The molecule has 0 aliphatic heterocycles. The number of benzene rings is 4. The van der Waals surface area contributed by atoms with Crippen molar-refractivity contribution in [3.63, 3.8) is 0 Å². The van der Waals surface area contributed by atoms with Gasteiger partial charge in [0.2, 0.25) is 0 Å². The monoisotopic (exact) mass is 484 g/mol. The van der Waals surface area contributed by atoms with Crippen LogP contribution in [0.25, 0.3) is 43.8 Å². The van der Waals surface area contributed by atoms with Crippen LogP contribution in [0, 0.1) is 32.1 Å². The van der Waals surface area contributed by atoms with Crippen molar-refractivity contribution < 1.29 is 9.21 Å². The molecule has 0 aliphatic rings. The number of hydrogen-bond donors (Lipinski definition) is 2. The van der Waals surface area contributed by atoms with Crippen LogP contribution >= 0.6 is 0 Å². The summed E-state index contributed by atoms with van der Waals surface area (Å²) in [4.78, 5) is 17.3. The van der Waals surface area contributed by atoms with Crippen molar-refractivity contribution in [2.75, 3.05) is 5.73 Å². The van der Waals surface area contributed by atoms with E-state index < -0.39 is 0 Å². The van der Waals surface area contributed by atoms with Crippen LogP contribution in [0.3, 0.4) is 0 Å². The summed E-state index contributed by atoms with van der Waals surface area (Å²) < 4.78 is 6.20. The smallest absolute Gasteiger partial charge is 0.251 e. The minimum Gasteiger partial charge on any atom is -0.455 e.